The highest BCUT2D eigenvalue weighted by atomic mass is 32.1. The van der Waals surface area contributed by atoms with Crippen LogP contribution in [0.2, 0.25) is 0 Å². The third-order valence-electron chi connectivity index (χ3n) is 1.73. The first-order valence-corrected chi connectivity index (χ1v) is 4.89. The van der Waals surface area contributed by atoms with Gasteiger partial charge in [0.05, 0.1) is 13.5 Å². The topological polar surface area (TPSA) is 52.3 Å². The van der Waals surface area contributed by atoms with E-state index >= 15 is 0 Å². The van der Waals surface area contributed by atoms with Gasteiger partial charge in [-0.25, -0.2) is 0 Å². The summed E-state index contributed by atoms with van der Waals surface area (Å²) in [6.07, 6.45) is 0.246. The van der Waals surface area contributed by atoms with Crippen molar-refractivity contribution >= 4 is 17.3 Å². The molecule has 0 aliphatic carbocycles. The molecule has 0 radical (unpaired) electrons. The fraction of sp³-hybridized carbons (Fsp3) is 0.444. The van der Waals surface area contributed by atoms with Crippen molar-refractivity contribution in [3.05, 3.63) is 21.9 Å². The Morgan fingerprint density at radius 2 is 2.46 bits per heavy atom. The summed E-state index contributed by atoms with van der Waals surface area (Å²) in [7, 11) is 1.37. The number of methoxy groups -OCH3 is 1. The highest BCUT2D eigenvalue weighted by Gasteiger charge is 2.12. The van der Waals surface area contributed by atoms with E-state index in [1.807, 2.05) is 18.4 Å². The molecule has 1 heterocycles. The smallest absolute Gasteiger partial charge is 0.307 e. The summed E-state index contributed by atoms with van der Waals surface area (Å²) >= 11 is 1.58. The zero-order chi connectivity index (χ0) is 9.84. The van der Waals surface area contributed by atoms with Crippen molar-refractivity contribution < 1.29 is 9.53 Å². The highest BCUT2D eigenvalue weighted by molar-refractivity contribution is 7.10. The molecule has 4 heteroatoms. The molecule has 0 aliphatic rings. The maximum atomic E-state index is 10.9. The molecule has 0 spiro atoms. The lowest BCUT2D eigenvalue weighted by molar-refractivity contribution is -0.141. The lowest BCUT2D eigenvalue weighted by atomic mass is 10.2. The molecule has 3 nitrogen and oxygen atoms in total. The number of nitrogens with two attached hydrogens (primary N) is 1. The molecule has 0 bridgehead atoms. The Labute approximate surface area is 81.5 Å². The van der Waals surface area contributed by atoms with Crippen LogP contribution in [0.4, 0.5) is 0 Å². The SMILES string of the molecule is COC(=O)CC(N)c1cc(C)cs1. The number of aryl methyl sites for hydroxylation is 1. The van der Waals surface area contributed by atoms with Crippen LogP contribution in [-0.2, 0) is 9.53 Å². The standard InChI is InChI=1S/C9H13NO2S/c1-6-3-8(13-5-6)7(10)4-9(11)12-2/h3,5,7H,4,10H2,1-2H3. The Bertz CT molecular complexity index is 296. The fourth-order valence-electron chi connectivity index (χ4n) is 1.01. The molecule has 0 saturated carbocycles. The molecule has 72 valence electrons. The zero-order valence-corrected chi connectivity index (χ0v) is 8.56. The van der Waals surface area contributed by atoms with Crippen molar-refractivity contribution in [2.75, 3.05) is 7.11 Å². The van der Waals surface area contributed by atoms with Crippen LogP contribution in [0.1, 0.15) is 22.9 Å². The van der Waals surface area contributed by atoms with E-state index in [9.17, 15) is 4.79 Å². The summed E-state index contributed by atoms with van der Waals surface area (Å²) < 4.78 is 4.53. The number of carbonyl (C=O) groups excluding carboxylic acids is 1. The third-order valence-corrected chi connectivity index (χ3v) is 2.91. The van der Waals surface area contributed by atoms with Gasteiger partial charge in [0.15, 0.2) is 0 Å². The molecule has 0 aliphatic heterocycles. The van der Waals surface area contributed by atoms with E-state index in [0.29, 0.717) is 0 Å². The van der Waals surface area contributed by atoms with Gasteiger partial charge in [0.1, 0.15) is 0 Å². The van der Waals surface area contributed by atoms with Gasteiger partial charge in [-0.2, -0.15) is 0 Å². The Kier molecular flexibility index (Phi) is 3.45. The van der Waals surface area contributed by atoms with E-state index in [-0.39, 0.29) is 18.4 Å². The Balaban J connectivity index is 2.58. The molecule has 13 heavy (non-hydrogen) atoms. The summed E-state index contributed by atoms with van der Waals surface area (Å²) in [5, 5.41) is 2.02. The molecule has 1 atom stereocenters. The van der Waals surface area contributed by atoms with Gasteiger partial charge < -0.3 is 10.5 Å². The number of esters is 1. The number of rotatable bonds is 3. The maximum Gasteiger partial charge on any atom is 0.307 e. The number of hydrogen-bond acceptors (Lipinski definition) is 4. The Hall–Kier alpha value is -0.870. The van der Waals surface area contributed by atoms with Crippen LogP contribution in [0.5, 0.6) is 0 Å². The zero-order valence-electron chi connectivity index (χ0n) is 7.74. The quantitative estimate of drug-likeness (QED) is 0.752. The first-order valence-electron chi connectivity index (χ1n) is 4.01. The van der Waals surface area contributed by atoms with Crippen LogP contribution in [0, 0.1) is 6.92 Å². The summed E-state index contributed by atoms with van der Waals surface area (Å²) in [5.74, 6) is -0.265. The average molecular weight is 199 g/mol. The molecule has 1 rings (SSSR count). The minimum absolute atomic E-state index is 0.230. The number of thiophene rings is 1. The van der Waals surface area contributed by atoms with E-state index < -0.39 is 0 Å². The second-order valence-corrected chi connectivity index (χ2v) is 3.86. The lowest BCUT2D eigenvalue weighted by Gasteiger charge is -2.06. The van der Waals surface area contributed by atoms with Gasteiger partial charge in [0.2, 0.25) is 0 Å². The largest absolute Gasteiger partial charge is 0.469 e. The Morgan fingerprint density at radius 3 is 2.92 bits per heavy atom. The molecular weight excluding hydrogens is 186 g/mol. The maximum absolute atomic E-state index is 10.9. The summed E-state index contributed by atoms with van der Waals surface area (Å²) in [6.45, 7) is 2.00. The molecular formula is C9H13NO2S. The summed E-state index contributed by atoms with van der Waals surface area (Å²) in [6, 6.07) is 1.77. The van der Waals surface area contributed by atoms with Gasteiger partial charge in [-0.05, 0) is 23.9 Å². The highest BCUT2D eigenvalue weighted by Crippen LogP contribution is 2.22. The Morgan fingerprint density at radius 1 is 1.77 bits per heavy atom. The van der Waals surface area contributed by atoms with Crippen molar-refractivity contribution in [3.8, 4) is 0 Å². The average Bonchev–Trinajstić information content (AvgIpc) is 2.51. The minimum atomic E-state index is -0.265. The molecule has 1 unspecified atom stereocenters. The lowest BCUT2D eigenvalue weighted by Crippen LogP contribution is -2.15. The molecule has 0 amide bonds. The number of hydrogen-bond donors (Lipinski definition) is 1. The van der Waals surface area contributed by atoms with Gasteiger partial charge in [0, 0.05) is 10.9 Å². The normalized spacial score (nSPS) is 12.5. The van der Waals surface area contributed by atoms with E-state index in [4.69, 9.17) is 5.73 Å². The van der Waals surface area contributed by atoms with Crippen molar-refractivity contribution in [2.24, 2.45) is 5.73 Å². The number of ether oxygens (including phenoxy) is 1. The van der Waals surface area contributed by atoms with Crippen molar-refractivity contribution in [1.82, 2.24) is 0 Å². The molecule has 1 aromatic heterocycles. The van der Waals surface area contributed by atoms with Crippen LogP contribution >= 0.6 is 11.3 Å². The van der Waals surface area contributed by atoms with E-state index in [0.717, 1.165) is 4.88 Å². The van der Waals surface area contributed by atoms with Gasteiger partial charge in [-0.3, -0.25) is 4.79 Å². The monoisotopic (exact) mass is 199 g/mol. The van der Waals surface area contributed by atoms with Gasteiger partial charge >= 0.3 is 5.97 Å². The predicted molar refractivity (Wildman–Crippen MR) is 52.6 cm³/mol. The second-order valence-electron chi connectivity index (χ2n) is 2.91. The molecule has 1 aromatic rings. The fourth-order valence-corrected chi connectivity index (χ4v) is 1.91. The second kappa shape index (κ2) is 4.39. The third kappa shape index (κ3) is 2.82. The predicted octanol–water partition coefficient (Wildman–Crippen LogP) is 1.62. The molecule has 0 saturated heterocycles. The molecule has 0 aromatic carbocycles. The molecule has 2 N–H and O–H groups in total. The van der Waals surface area contributed by atoms with Gasteiger partial charge in [-0.15, -0.1) is 11.3 Å². The van der Waals surface area contributed by atoms with Crippen LogP contribution in [0.3, 0.4) is 0 Å². The molecule has 0 fully saturated rings. The van der Waals surface area contributed by atoms with E-state index in [2.05, 4.69) is 4.74 Å². The van der Waals surface area contributed by atoms with Crippen LogP contribution in [0.25, 0.3) is 0 Å². The van der Waals surface area contributed by atoms with Crippen molar-refractivity contribution in [3.63, 3.8) is 0 Å². The van der Waals surface area contributed by atoms with Gasteiger partial charge in [-0.1, -0.05) is 0 Å². The summed E-state index contributed by atoms with van der Waals surface area (Å²) in [5.41, 5.74) is 6.98. The minimum Gasteiger partial charge on any atom is -0.469 e. The first kappa shape index (κ1) is 10.2. The summed E-state index contributed by atoms with van der Waals surface area (Å²) in [4.78, 5) is 11.9. The van der Waals surface area contributed by atoms with Crippen molar-refractivity contribution in [2.45, 2.75) is 19.4 Å². The van der Waals surface area contributed by atoms with E-state index in [1.54, 1.807) is 11.3 Å². The van der Waals surface area contributed by atoms with E-state index in [1.165, 1.54) is 12.7 Å². The van der Waals surface area contributed by atoms with Gasteiger partial charge in [0.25, 0.3) is 0 Å². The van der Waals surface area contributed by atoms with Crippen LogP contribution in [0.15, 0.2) is 11.4 Å². The number of carbonyl (C=O) groups is 1. The van der Waals surface area contributed by atoms with Crippen molar-refractivity contribution in [1.29, 1.82) is 0 Å². The first-order chi connectivity index (χ1) is 6.13. The van der Waals surface area contributed by atoms with Crippen LogP contribution in [-0.4, -0.2) is 13.1 Å². The van der Waals surface area contributed by atoms with Crippen LogP contribution < -0.4 is 5.73 Å².